The van der Waals surface area contributed by atoms with Crippen molar-refractivity contribution >= 4 is 11.8 Å². The molecule has 2 atom stereocenters. The van der Waals surface area contributed by atoms with Gasteiger partial charge in [0.2, 0.25) is 0 Å². The van der Waals surface area contributed by atoms with E-state index in [0.717, 1.165) is 0 Å². The summed E-state index contributed by atoms with van der Waals surface area (Å²) < 4.78 is 36.9. The lowest BCUT2D eigenvalue weighted by Crippen LogP contribution is -2.50. The highest BCUT2D eigenvalue weighted by molar-refractivity contribution is 6.34. The van der Waals surface area contributed by atoms with E-state index < -0.39 is 24.0 Å². The maximum Gasteiger partial charge on any atom is 0.403 e. The lowest BCUT2D eigenvalue weighted by molar-refractivity contribution is -0.162. The van der Waals surface area contributed by atoms with Gasteiger partial charge in [0, 0.05) is 13.1 Å². The Morgan fingerprint density at radius 3 is 2.41 bits per heavy atom. The van der Waals surface area contributed by atoms with E-state index in [1.807, 2.05) is 0 Å². The Hall–Kier alpha value is -1.31. The molecular weight excluding hydrogens is 239 g/mol. The zero-order valence-corrected chi connectivity index (χ0v) is 9.01. The average molecular weight is 253 g/mol. The van der Waals surface area contributed by atoms with E-state index in [1.54, 1.807) is 0 Å². The van der Waals surface area contributed by atoms with Gasteiger partial charge in [-0.15, -0.1) is 0 Å². The van der Waals surface area contributed by atoms with Gasteiger partial charge in [0.05, 0.1) is 0 Å². The molecule has 0 spiro atoms. The molecule has 1 fully saturated rings. The molecule has 0 bridgehead atoms. The van der Waals surface area contributed by atoms with E-state index in [4.69, 9.17) is 5.73 Å². The number of nitrogens with one attached hydrogen (secondary N) is 2. The smallest absolute Gasteiger partial charge is 0.361 e. The largest absolute Gasteiger partial charge is 0.403 e. The Kier molecular flexibility index (Phi) is 4.33. The second-order valence-corrected chi connectivity index (χ2v) is 4.02. The van der Waals surface area contributed by atoms with Crippen molar-refractivity contribution in [3.8, 4) is 0 Å². The Morgan fingerprint density at radius 1 is 1.35 bits per heavy atom. The van der Waals surface area contributed by atoms with Crippen LogP contribution in [0.1, 0.15) is 12.8 Å². The third kappa shape index (κ3) is 4.22. The van der Waals surface area contributed by atoms with Crippen LogP contribution < -0.4 is 16.4 Å². The molecule has 1 heterocycles. The molecule has 1 saturated heterocycles. The molecule has 1 aliphatic heterocycles. The lowest BCUT2D eigenvalue weighted by atomic mass is 9.94. The summed E-state index contributed by atoms with van der Waals surface area (Å²) >= 11 is 0. The van der Waals surface area contributed by atoms with Gasteiger partial charge in [0.15, 0.2) is 0 Å². The molecule has 2 unspecified atom stereocenters. The van der Waals surface area contributed by atoms with Crippen LogP contribution in [0.25, 0.3) is 0 Å². The summed E-state index contributed by atoms with van der Waals surface area (Å²) in [5.74, 6) is -2.12. The van der Waals surface area contributed by atoms with Crippen molar-refractivity contribution in [2.45, 2.75) is 25.1 Å². The SMILES string of the molecule is NC(=O)C(=O)NCC1CCC(C(F)(F)F)NC1. The highest BCUT2D eigenvalue weighted by Gasteiger charge is 2.41. The molecule has 1 rings (SSSR count). The molecule has 5 nitrogen and oxygen atoms in total. The second kappa shape index (κ2) is 5.35. The molecule has 0 aromatic rings. The number of piperidine rings is 1. The minimum absolute atomic E-state index is 0.0272. The highest BCUT2D eigenvalue weighted by atomic mass is 19.4. The van der Waals surface area contributed by atoms with Crippen LogP contribution in [-0.4, -0.2) is 37.1 Å². The van der Waals surface area contributed by atoms with Gasteiger partial charge in [-0.2, -0.15) is 13.2 Å². The minimum Gasteiger partial charge on any atom is -0.361 e. The number of carbonyl (C=O) groups excluding carboxylic acids is 2. The van der Waals surface area contributed by atoms with E-state index in [9.17, 15) is 22.8 Å². The number of hydrogen-bond acceptors (Lipinski definition) is 3. The van der Waals surface area contributed by atoms with Gasteiger partial charge >= 0.3 is 18.0 Å². The van der Waals surface area contributed by atoms with Gasteiger partial charge in [-0.3, -0.25) is 9.59 Å². The molecule has 2 amide bonds. The van der Waals surface area contributed by atoms with E-state index >= 15 is 0 Å². The fourth-order valence-electron chi connectivity index (χ4n) is 1.69. The molecule has 0 aromatic carbocycles. The zero-order chi connectivity index (χ0) is 13.1. The van der Waals surface area contributed by atoms with Crippen molar-refractivity contribution in [1.29, 1.82) is 0 Å². The van der Waals surface area contributed by atoms with E-state index in [1.165, 1.54) is 0 Å². The van der Waals surface area contributed by atoms with Gasteiger partial charge in [0.25, 0.3) is 0 Å². The molecule has 0 aliphatic carbocycles. The van der Waals surface area contributed by atoms with Crippen molar-refractivity contribution in [2.24, 2.45) is 11.7 Å². The predicted octanol–water partition coefficient (Wildman–Crippen LogP) is -0.482. The normalized spacial score (nSPS) is 25.4. The molecule has 8 heteroatoms. The second-order valence-electron chi connectivity index (χ2n) is 4.02. The number of hydrogen-bond donors (Lipinski definition) is 3. The van der Waals surface area contributed by atoms with E-state index in [2.05, 4.69) is 10.6 Å². The van der Waals surface area contributed by atoms with Gasteiger partial charge < -0.3 is 16.4 Å². The third-order valence-corrected chi connectivity index (χ3v) is 2.69. The molecule has 17 heavy (non-hydrogen) atoms. The number of halogens is 3. The summed E-state index contributed by atoms with van der Waals surface area (Å²) in [5.41, 5.74) is 4.72. The monoisotopic (exact) mass is 253 g/mol. The summed E-state index contributed by atoms with van der Waals surface area (Å²) in [7, 11) is 0. The molecule has 98 valence electrons. The number of primary amides is 1. The number of carbonyl (C=O) groups is 2. The van der Waals surface area contributed by atoms with Crippen molar-refractivity contribution in [3.05, 3.63) is 0 Å². The summed E-state index contributed by atoms with van der Waals surface area (Å²) in [4.78, 5) is 21.2. The first-order valence-electron chi connectivity index (χ1n) is 5.18. The summed E-state index contributed by atoms with van der Waals surface area (Å²) in [5, 5.41) is 4.64. The maximum absolute atomic E-state index is 12.3. The fraction of sp³-hybridized carbons (Fsp3) is 0.778. The average Bonchev–Trinajstić information content (AvgIpc) is 2.25. The predicted molar refractivity (Wildman–Crippen MR) is 52.8 cm³/mol. The van der Waals surface area contributed by atoms with Crippen molar-refractivity contribution in [2.75, 3.05) is 13.1 Å². The Balaban J connectivity index is 2.28. The zero-order valence-electron chi connectivity index (χ0n) is 9.01. The number of nitrogens with two attached hydrogens (primary N) is 1. The topological polar surface area (TPSA) is 84.2 Å². The van der Waals surface area contributed by atoms with Crippen LogP contribution in [0.3, 0.4) is 0 Å². The Labute approximate surface area is 95.9 Å². The number of rotatable bonds is 2. The Morgan fingerprint density at radius 2 is 2.00 bits per heavy atom. The van der Waals surface area contributed by atoms with Crippen LogP contribution in [0.2, 0.25) is 0 Å². The van der Waals surface area contributed by atoms with Crippen molar-refractivity contribution in [3.63, 3.8) is 0 Å². The third-order valence-electron chi connectivity index (χ3n) is 2.69. The molecule has 0 radical (unpaired) electrons. The van der Waals surface area contributed by atoms with Crippen LogP contribution in [0.4, 0.5) is 13.2 Å². The molecular formula is C9H14F3N3O2. The Bertz CT molecular complexity index is 298. The van der Waals surface area contributed by atoms with Crippen LogP contribution >= 0.6 is 0 Å². The summed E-state index contributed by atoms with van der Waals surface area (Å²) in [6.07, 6.45) is -3.92. The minimum atomic E-state index is -4.23. The number of amides is 2. The van der Waals surface area contributed by atoms with Gasteiger partial charge in [-0.1, -0.05) is 0 Å². The lowest BCUT2D eigenvalue weighted by Gasteiger charge is -2.31. The standard InChI is InChI=1S/C9H14F3N3O2/c10-9(11,12)6-2-1-5(3-14-6)4-15-8(17)7(13)16/h5-6,14H,1-4H2,(H2,13,16)(H,15,17). The van der Waals surface area contributed by atoms with E-state index in [-0.39, 0.29) is 25.4 Å². The van der Waals surface area contributed by atoms with Crippen LogP contribution in [0.15, 0.2) is 0 Å². The number of alkyl halides is 3. The molecule has 4 N–H and O–H groups in total. The fourth-order valence-corrected chi connectivity index (χ4v) is 1.69. The van der Waals surface area contributed by atoms with Crippen molar-refractivity contribution in [1.82, 2.24) is 10.6 Å². The van der Waals surface area contributed by atoms with Gasteiger partial charge in [-0.25, -0.2) is 0 Å². The quantitative estimate of drug-likeness (QED) is 0.581. The molecule has 1 aliphatic rings. The van der Waals surface area contributed by atoms with Crippen molar-refractivity contribution < 1.29 is 22.8 Å². The van der Waals surface area contributed by atoms with Crippen LogP contribution in [-0.2, 0) is 9.59 Å². The first-order valence-corrected chi connectivity index (χ1v) is 5.18. The first-order chi connectivity index (χ1) is 7.80. The van der Waals surface area contributed by atoms with Crippen LogP contribution in [0, 0.1) is 5.92 Å². The molecule has 0 saturated carbocycles. The highest BCUT2D eigenvalue weighted by Crippen LogP contribution is 2.27. The molecule has 0 aromatic heterocycles. The van der Waals surface area contributed by atoms with E-state index in [0.29, 0.717) is 6.42 Å². The van der Waals surface area contributed by atoms with Gasteiger partial charge in [-0.05, 0) is 18.8 Å². The van der Waals surface area contributed by atoms with Gasteiger partial charge in [0.1, 0.15) is 6.04 Å². The summed E-state index contributed by atoms with van der Waals surface area (Å²) in [6.45, 7) is 0.308. The van der Waals surface area contributed by atoms with Crippen LogP contribution in [0.5, 0.6) is 0 Å². The maximum atomic E-state index is 12.3. The summed E-state index contributed by atoms with van der Waals surface area (Å²) in [6, 6.07) is -1.48. The first kappa shape index (κ1) is 13.8.